The third kappa shape index (κ3) is 3.17. The van der Waals surface area contributed by atoms with Gasteiger partial charge in [0.2, 0.25) is 0 Å². The van der Waals surface area contributed by atoms with Gasteiger partial charge in [-0.15, -0.1) is 0 Å². The zero-order valence-corrected chi connectivity index (χ0v) is 10.3. The highest BCUT2D eigenvalue weighted by Gasteiger charge is 2.30. The van der Waals surface area contributed by atoms with E-state index in [-0.39, 0.29) is 11.2 Å². The third-order valence-electron chi connectivity index (χ3n) is 2.87. The number of H-pyrrole nitrogens is 1. The van der Waals surface area contributed by atoms with Crippen LogP contribution in [0, 0.1) is 5.41 Å². The molecule has 0 aliphatic heterocycles. The second kappa shape index (κ2) is 5.25. The van der Waals surface area contributed by atoms with Crippen LogP contribution in [0.3, 0.4) is 0 Å². The molecule has 1 rings (SSSR count). The van der Waals surface area contributed by atoms with Crippen molar-refractivity contribution in [3.63, 3.8) is 0 Å². The molecular formula is C12H21N3O. The average Bonchev–Trinajstić information content (AvgIpc) is 2.69. The summed E-state index contributed by atoms with van der Waals surface area (Å²) in [6, 6.07) is -0.443. The molecule has 0 amide bonds. The minimum atomic E-state index is -0.443. The molecule has 4 heteroatoms. The maximum atomic E-state index is 12.1. The van der Waals surface area contributed by atoms with E-state index in [4.69, 9.17) is 5.73 Å². The molecule has 0 aliphatic rings. The number of Topliss-reactive ketones (excluding diaryl/α,β-unsaturated/α-hetero) is 1. The Bertz CT molecular complexity index is 330. The van der Waals surface area contributed by atoms with Gasteiger partial charge in [-0.1, -0.05) is 27.2 Å². The fraction of sp³-hybridized carbons (Fsp3) is 0.667. The van der Waals surface area contributed by atoms with E-state index in [0.717, 1.165) is 18.5 Å². The molecule has 90 valence electrons. The number of aromatic amines is 1. The molecule has 1 unspecified atom stereocenters. The van der Waals surface area contributed by atoms with Crippen molar-refractivity contribution in [1.82, 2.24) is 9.97 Å². The van der Waals surface area contributed by atoms with E-state index in [2.05, 4.69) is 16.9 Å². The number of aromatic nitrogens is 2. The van der Waals surface area contributed by atoms with Crippen molar-refractivity contribution in [1.29, 1.82) is 0 Å². The summed E-state index contributed by atoms with van der Waals surface area (Å²) in [5.41, 5.74) is 6.51. The number of carbonyl (C=O) groups excluding carboxylic acids is 1. The van der Waals surface area contributed by atoms with Gasteiger partial charge >= 0.3 is 0 Å². The van der Waals surface area contributed by atoms with Crippen LogP contribution in [0.4, 0.5) is 0 Å². The Hall–Kier alpha value is -1.16. The van der Waals surface area contributed by atoms with Gasteiger partial charge in [-0.05, 0) is 6.42 Å². The predicted octanol–water partition coefficient (Wildman–Crippen LogP) is 1.67. The molecule has 1 heterocycles. The lowest BCUT2D eigenvalue weighted by atomic mass is 9.79. The highest BCUT2D eigenvalue weighted by molar-refractivity contribution is 5.89. The highest BCUT2D eigenvalue weighted by Crippen LogP contribution is 2.25. The number of nitrogens with zero attached hydrogens (tertiary/aromatic N) is 1. The summed E-state index contributed by atoms with van der Waals surface area (Å²) in [6.45, 7) is 6.01. The second-order valence-corrected chi connectivity index (χ2v) is 4.89. The van der Waals surface area contributed by atoms with Gasteiger partial charge < -0.3 is 10.7 Å². The summed E-state index contributed by atoms with van der Waals surface area (Å²) in [5.74, 6) is 0.129. The van der Waals surface area contributed by atoms with Crippen LogP contribution < -0.4 is 5.73 Å². The molecule has 0 saturated carbocycles. The molecule has 4 nitrogen and oxygen atoms in total. The standard InChI is InChI=1S/C12H21N3O/c1-4-5-12(2,3)11(16)10(13)6-9-7-14-8-15-9/h7-8,10H,4-6,13H2,1-3H3,(H,14,15). The van der Waals surface area contributed by atoms with E-state index in [1.807, 2.05) is 13.8 Å². The van der Waals surface area contributed by atoms with Gasteiger partial charge in [-0.25, -0.2) is 4.98 Å². The molecule has 1 atom stereocenters. The Kier molecular flexibility index (Phi) is 4.24. The van der Waals surface area contributed by atoms with Crippen LogP contribution in [0.2, 0.25) is 0 Å². The maximum absolute atomic E-state index is 12.1. The first-order valence-electron chi connectivity index (χ1n) is 5.74. The van der Waals surface area contributed by atoms with Crippen LogP contribution in [0.5, 0.6) is 0 Å². The first kappa shape index (κ1) is 12.9. The SMILES string of the molecule is CCCC(C)(C)C(=O)C(N)Cc1cnc[nH]1. The molecule has 1 aromatic rings. The molecule has 0 aliphatic carbocycles. The van der Waals surface area contributed by atoms with Gasteiger partial charge in [0.1, 0.15) is 0 Å². The molecule has 0 radical (unpaired) electrons. The van der Waals surface area contributed by atoms with Crippen LogP contribution in [0.25, 0.3) is 0 Å². The summed E-state index contributed by atoms with van der Waals surface area (Å²) in [6.07, 6.45) is 5.72. The van der Waals surface area contributed by atoms with E-state index in [1.54, 1.807) is 12.5 Å². The van der Waals surface area contributed by atoms with Crippen LogP contribution >= 0.6 is 0 Å². The van der Waals surface area contributed by atoms with Crippen molar-refractivity contribution in [3.8, 4) is 0 Å². The smallest absolute Gasteiger partial charge is 0.155 e. The second-order valence-electron chi connectivity index (χ2n) is 4.89. The van der Waals surface area contributed by atoms with Gasteiger partial charge in [0, 0.05) is 23.7 Å². The van der Waals surface area contributed by atoms with Gasteiger partial charge in [-0.2, -0.15) is 0 Å². The fourth-order valence-electron chi connectivity index (χ4n) is 1.98. The summed E-state index contributed by atoms with van der Waals surface area (Å²) in [5, 5.41) is 0. The normalized spacial score (nSPS) is 13.8. The van der Waals surface area contributed by atoms with E-state index in [1.165, 1.54) is 0 Å². The zero-order chi connectivity index (χ0) is 12.2. The van der Waals surface area contributed by atoms with Crippen molar-refractivity contribution in [2.75, 3.05) is 0 Å². The molecule has 0 bridgehead atoms. The number of hydrogen-bond donors (Lipinski definition) is 2. The van der Waals surface area contributed by atoms with Crippen molar-refractivity contribution >= 4 is 5.78 Å². The zero-order valence-electron chi connectivity index (χ0n) is 10.3. The largest absolute Gasteiger partial charge is 0.348 e. The lowest BCUT2D eigenvalue weighted by Crippen LogP contribution is -2.41. The number of ketones is 1. The van der Waals surface area contributed by atoms with Gasteiger partial charge in [0.25, 0.3) is 0 Å². The first-order chi connectivity index (χ1) is 7.47. The van der Waals surface area contributed by atoms with Gasteiger partial charge in [-0.3, -0.25) is 4.79 Å². The predicted molar refractivity (Wildman–Crippen MR) is 64.0 cm³/mol. The number of imidazole rings is 1. The number of carbonyl (C=O) groups is 1. The molecular weight excluding hydrogens is 202 g/mol. The van der Waals surface area contributed by atoms with Crippen molar-refractivity contribution < 1.29 is 4.79 Å². The first-order valence-corrected chi connectivity index (χ1v) is 5.74. The third-order valence-corrected chi connectivity index (χ3v) is 2.87. The maximum Gasteiger partial charge on any atom is 0.155 e. The average molecular weight is 223 g/mol. The quantitative estimate of drug-likeness (QED) is 0.770. The molecule has 0 spiro atoms. The minimum Gasteiger partial charge on any atom is -0.348 e. The van der Waals surface area contributed by atoms with Gasteiger partial charge in [0.15, 0.2) is 5.78 Å². The Labute approximate surface area is 96.6 Å². The van der Waals surface area contributed by atoms with E-state index < -0.39 is 6.04 Å². The van der Waals surface area contributed by atoms with Crippen molar-refractivity contribution in [3.05, 3.63) is 18.2 Å². The van der Waals surface area contributed by atoms with E-state index >= 15 is 0 Å². The number of rotatable bonds is 6. The lowest BCUT2D eigenvalue weighted by Gasteiger charge is -2.25. The topological polar surface area (TPSA) is 71.8 Å². The fourth-order valence-corrected chi connectivity index (χ4v) is 1.98. The molecule has 0 fully saturated rings. The van der Waals surface area contributed by atoms with E-state index in [0.29, 0.717) is 6.42 Å². The summed E-state index contributed by atoms with van der Waals surface area (Å²) >= 11 is 0. The molecule has 1 aromatic heterocycles. The number of nitrogens with two attached hydrogens (primary N) is 1. The summed E-state index contributed by atoms with van der Waals surface area (Å²) in [4.78, 5) is 19.0. The lowest BCUT2D eigenvalue weighted by molar-refractivity contribution is -0.128. The Morgan fingerprint density at radius 3 is 2.81 bits per heavy atom. The van der Waals surface area contributed by atoms with E-state index in [9.17, 15) is 4.79 Å². The Morgan fingerprint density at radius 2 is 2.31 bits per heavy atom. The van der Waals surface area contributed by atoms with Crippen molar-refractivity contribution in [2.24, 2.45) is 11.1 Å². The van der Waals surface area contributed by atoms with Gasteiger partial charge in [0.05, 0.1) is 12.4 Å². The monoisotopic (exact) mass is 223 g/mol. The molecule has 0 saturated heterocycles. The highest BCUT2D eigenvalue weighted by atomic mass is 16.1. The van der Waals surface area contributed by atoms with Crippen LogP contribution in [-0.2, 0) is 11.2 Å². The number of hydrogen-bond acceptors (Lipinski definition) is 3. The summed E-state index contributed by atoms with van der Waals surface area (Å²) in [7, 11) is 0. The Balaban J connectivity index is 2.60. The molecule has 0 aromatic carbocycles. The van der Waals surface area contributed by atoms with Crippen LogP contribution in [0.1, 0.15) is 39.3 Å². The van der Waals surface area contributed by atoms with Crippen LogP contribution in [0.15, 0.2) is 12.5 Å². The Morgan fingerprint density at radius 1 is 1.62 bits per heavy atom. The molecule has 3 N–H and O–H groups in total. The minimum absolute atomic E-state index is 0.129. The number of nitrogens with one attached hydrogen (secondary N) is 1. The summed E-state index contributed by atoms with van der Waals surface area (Å²) < 4.78 is 0. The van der Waals surface area contributed by atoms with Crippen molar-refractivity contribution in [2.45, 2.75) is 46.1 Å². The molecule has 16 heavy (non-hydrogen) atoms. The van der Waals surface area contributed by atoms with Crippen LogP contribution in [-0.4, -0.2) is 21.8 Å².